The van der Waals surface area contributed by atoms with E-state index in [1.54, 1.807) is 6.08 Å². The van der Waals surface area contributed by atoms with Gasteiger partial charge in [-0.05, 0) is 0 Å². The standard InChI is InChI=1S/C13H16O3/c1-2-11-8-12(9-14)16-13(15-11)10-6-4-3-5-7-10/h2-7,11-14H,1,8-9H2/t11-,12-,13-/m0/s1. The Bertz CT molecular complexity index is 336. The Morgan fingerprint density at radius 2 is 2.06 bits per heavy atom. The molecule has 0 aromatic heterocycles. The van der Waals surface area contributed by atoms with Gasteiger partial charge in [0.2, 0.25) is 0 Å². The van der Waals surface area contributed by atoms with Crippen LogP contribution in [-0.4, -0.2) is 23.9 Å². The van der Waals surface area contributed by atoms with Gasteiger partial charge in [0.15, 0.2) is 6.29 Å². The Morgan fingerprint density at radius 1 is 1.31 bits per heavy atom. The molecule has 3 nitrogen and oxygen atoms in total. The zero-order chi connectivity index (χ0) is 11.4. The first-order chi connectivity index (χ1) is 7.83. The van der Waals surface area contributed by atoms with Gasteiger partial charge in [-0.25, -0.2) is 0 Å². The van der Waals surface area contributed by atoms with Crippen LogP contribution in [0.4, 0.5) is 0 Å². The summed E-state index contributed by atoms with van der Waals surface area (Å²) in [4.78, 5) is 0. The molecule has 0 saturated carbocycles. The lowest BCUT2D eigenvalue weighted by molar-refractivity contribution is -0.243. The molecule has 2 rings (SSSR count). The number of aliphatic hydroxyl groups is 1. The molecular weight excluding hydrogens is 204 g/mol. The van der Waals surface area contributed by atoms with Gasteiger partial charge in [-0.2, -0.15) is 0 Å². The minimum atomic E-state index is -0.407. The zero-order valence-electron chi connectivity index (χ0n) is 9.08. The summed E-state index contributed by atoms with van der Waals surface area (Å²) >= 11 is 0. The SMILES string of the molecule is C=C[C@H]1C[C@@H](CO)O[C@@H](c2ccccc2)O1. The lowest BCUT2D eigenvalue weighted by Gasteiger charge is -2.33. The fraction of sp³-hybridized carbons (Fsp3) is 0.385. The van der Waals surface area contributed by atoms with E-state index in [1.807, 2.05) is 30.3 Å². The molecule has 1 N–H and O–H groups in total. The summed E-state index contributed by atoms with van der Waals surface area (Å²) < 4.78 is 11.3. The molecule has 0 aliphatic carbocycles. The Morgan fingerprint density at radius 3 is 2.69 bits per heavy atom. The molecule has 0 spiro atoms. The van der Waals surface area contributed by atoms with Gasteiger partial charge in [0.1, 0.15) is 0 Å². The van der Waals surface area contributed by atoms with E-state index in [1.165, 1.54) is 0 Å². The first kappa shape index (κ1) is 11.3. The number of ether oxygens (including phenoxy) is 2. The summed E-state index contributed by atoms with van der Waals surface area (Å²) in [5.74, 6) is 0. The van der Waals surface area contributed by atoms with Crippen LogP contribution in [0.1, 0.15) is 18.3 Å². The number of hydrogen-bond acceptors (Lipinski definition) is 3. The Kier molecular flexibility index (Phi) is 3.72. The van der Waals surface area contributed by atoms with Gasteiger partial charge < -0.3 is 14.6 Å². The molecule has 0 radical (unpaired) electrons. The minimum absolute atomic E-state index is 0.0109. The highest BCUT2D eigenvalue weighted by molar-refractivity contribution is 5.16. The predicted molar refractivity (Wildman–Crippen MR) is 60.8 cm³/mol. The van der Waals surface area contributed by atoms with Crippen molar-refractivity contribution in [1.29, 1.82) is 0 Å². The second kappa shape index (κ2) is 5.25. The van der Waals surface area contributed by atoms with Crippen molar-refractivity contribution in [2.45, 2.75) is 24.9 Å². The summed E-state index contributed by atoms with van der Waals surface area (Å²) in [6.45, 7) is 3.73. The van der Waals surface area contributed by atoms with Crippen molar-refractivity contribution in [3.8, 4) is 0 Å². The number of hydrogen-bond donors (Lipinski definition) is 1. The summed E-state index contributed by atoms with van der Waals surface area (Å²) in [6.07, 6.45) is 1.76. The molecular formula is C13H16O3. The summed E-state index contributed by atoms with van der Waals surface area (Å²) in [7, 11) is 0. The van der Waals surface area contributed by atoms with Gasteiger partial charge in [0.05, 0.1) is 18.8 Å². The molecule has 3 atom stereocenters. The number of aliphatic hydroxyl groups excluding tert-OH is 1. The fourth-order valence-electron chi connectivity index (χ4n) is 1.77. The van der Waals surface area contributed by atoms with Crippen LogP contribution in [0.3, 0.4) is 0 Å². The van der Waals surface area contributed by atoms with Gasteiger partial charge in [0, 0.05) is 12.0 Å². The first-order valence-electron chi connectivity index (χ1n) is 5.42. The van der Waals surface area contributed by atoms with Crippen LogP contribution in [0.5, 0.6) is 0 Å². The van der Waals surface area contributed by atoms with E-state index in [-0.39, 0.29) is 18.8 Å². The maximum Gasteiger partial charge on any atom is 0.184 e. The van der Waals surface area contributed by atoms with Crippen LogP contribution in [0.25, 0.3) is 0 Å². The van der Waals surface area contributed by atoms with Gasteiger partial charge in [-0.1, -0.05) is 36.4 Å². The van der Waals surface area contributed by atoms with Crippen LogP contribution in [-0.2, 0) is 9.47 Å². The third-order valence-corrected chi connectivity index (χ3v) is 2.65. The summed E-state index contributed by atoms with van der Waals surface area (Å²) in [6, 6.07) is 9.72. The van der Waals surface area contributed by atoms with Crippen molar-refractivity contribution in [2.24, 2.45) is 0 Å². The van der Waals surface area contributed by atoms with Crippen molar-refractivity contribution in [3.63, 3.8) is 0 Å². The van der Waals surface area contributed by atoms with Crippen molar-refractivity contribution >= 4 is 0 Å². The molecule has 0 unspecified atom stereocenters. The summed E-state index contributed by atoms with van der Waals surface area (Å²) in [5, 5.41) is 9.15. The van der Waals surface area contributed by atoms with Crippen molar-refractivity contribution in [3.05, 3.63) is 48.6 Å². The Balaban J connectivity index is 2.12. The van der Waals surface area contributed by atoms with Gasteiger partial charge in [-0.3, -0.25) is 0 Å². The molecule has 3 heteroatoms. The molecule has 86 valence electrons. The van der Waals surface area contributed by atoms with E-state index < -0.39 is 6.29 Å². The number of rotatable bonds is 3. The zero-order valence-corrected chi connectivity index (χ0v) is 9.08. The van der Waals surface area contributed by atoms with E-state index in [0.717, 1.165) is 5.56 Å². The molecule has 0 bridgehead atoms. The highest BCUT2D eigenvalue weighted by Crippen LogP contribution is 2.29. The maximum atomic E-state index is 9.15. The first-order valence-corrected chi connectivity index (χ1v) is 5.42. The van der Waals surface area contributed by atoms with Crippen LogP contribution < -0.4 is 0 Å². The smallest absolute Gasteiger partial charge is 0.184 e. The molecule has 1 heterocycles. The molecule has 0 amide bonds. The third kappa shape index (κ3) is 2.50. The molecule has 1 fully saturated rings. The summed E-state index contributed by atoms with van der Waals surface area (Å²) in [5.41, 5.74) is 0.965. The molecule has 1 aliphatic rings. The monoisotopic (exact) mass is 220 g/mol. The van der Waals surface area contributed by atoms with Crippen molar-refractivity contribution in [2.75, 3.05) is 6.61 Å². The highest BCUT2D eigenvalue weighted by Gasteiger charge is 2.28. The van der Waals surface area contributed by atoms with E-state index in [4.69, 9.17) is 14.6 Å². The van der Waals surface area contributed by atoms with Gasteiger partial charge in [0.25, 0.3) is 0 Å². The minimum Gasteiger partial charge on any atom is -0.394 e. The van der Waals surface area contributed by atoms with Crippen LogP contribution in [0, 0.1) is 0 Å². The van der Waals surface area contributed by atoms with Gasteiger partial charge in [-0.15, -0.1) is 6.58 Å². The maximum absolute atomic E-state index is 9.15. The molecule has 1 aromatic carbocycles. The van der Waals surface area contributed by atoms with Crippen molar-refractivity contribution in [1.82, 2.24) is 0 Å². The average Bonchev–Trinajstić information content (AvgIpc) is 2.39. The van der Waals surface area contributed by atoms with E-state index >= 15 is 0 Å². The second-order valence-electron chi connectivity index (χ2n) is 3.83. The quantitative estimate of drug-likeness (QED) is 0.792. The normalized spacial score (nSPS) is 29.9. The van der Waals surface area contributed by atoms with Crippen LogP contribution in [0.2, 0.25) is 0 Å². The average molecular weight is 220 g/mol. The van der Waals surface area contributed by atoms with Gasteiger partial charge >= 0.3 is 0 Å². The predicted octanol–water partition coefficient (Wildman–Crippen LogP) is 2.04. The molecule has 1 aromatic rings. The van der Waals surface area contributed by atoms with Crippen molar-refractivity contribution < 1.29 is 14.6 Å². The molecule has 16 heavy (non-hydrogen) atoms. The van der Waals surface area contributed by atoms with Crippen LogP contribution in [0.15, 0.2) is 43.0 Å². The Labute approximate surface area is 95.3 Å². The Hall–Kier alpha value is -1.16. The fourth-order valence-corrected chi connectivity index (χ4v) is 1.77. The molecule has 1 aliphatic heterocycles. The second-order valence-corrected chi connectivity index (χ2v) is 3.83. The highest BCUT2D eigenvalue weighted by atomic mass is 16.7. The van der Waals surface area contributed by atoms with E-state index in [0.29, 0.717) is 6.42 Å². The van der Waals surface area contributed by atoms with E-state index in [2.05, 4.69) is 6.58 Å². The lowest BCUT2D eigenvalue weighted by Crippen LogP contribution is -2.34. The third-order valence-electron chi connectivity index (χ3n) is 2.65. The molecule has 1 saturated heterocycles. The number of benzene rings is 1. The van der Waals surface area contributed by atoms with Crippen LogP contribution >= 0.6 is 0 Å². The largest absolute Gasteiger partial charge is 0.394 e. The van der Waals surface area contributed by atoms with E-state index in [9.17, 15) is 0 Å². The lowest BCUT2D eigenvalue weighted by atomic mass is 10.1. The topological polar surface area (TPSA) is 38.7 Å².